The van der Waals surface area contributed by atoms with E-state index in [4.69, 9.17) is 9.84 Å². The van der Waals surface area contributed by atoms with Crippen LogP contribution in [0.4, 0.5) is 5.69 Å². The second kappa shape index (κ2) is 6.64. The minimum Gasteiger partial charge on any atom is -0.497 e. The third-order valence-electron chi connectivity index (χ3n) is 3.48. The number of aliphatic imine (C=N–C) groups is 1. The highest BCUT2D eigenvalue weighted by Crippen LogP contribution is 2.34. The summed E-state index contributed by atoms with van der Waals surface area (Å²) in [5, 5.41) is 11.8. The molecule has 0 amide bonds. The van der Waals surface area contributed by atoms with E-state index < -0.39 is 5.97 Å². The number of nitrogens with zero attached hydrogens (tertiary/aromatic N) is 1. The highest BCUT2D eigenvalue weighted by atomic mass is 16.5. The second-order valence-electron chi connectivity index (χ2n) is 6.24. The topological polar surface area (TPSA) is 70.9 Å². The van der Waals surface area contributed by atoms with Crippen LogP contribution in [-0.4, -0.2) is 30.4 Å². The Morgan fingerprint density at radius 1 is 1.32 bits per heavy atom. The number of aliphatic carboxylic acids is 1. The summed E-state index contributed by atoms with van der Waals surface area (Å²) in [7, 11) is 1.63. The standard InChI is InChI=1S/C17H22N2O3/c1-17(2)9-13(18-11-16(20)21)8-14(10-17)19-12-4-6-15(22-3)7-5-12/h4-8,18H,9-11H2,1-3H3,(H,20,21)/b19-14-. The number of carboxylic acid groups (broad SMARTS) is 1. The summed E-state index contributed by atoms with van der Waals surface area (Å²) in [6.07, 6.45) is 3.64. The minimum absolute atomic E-state index is 0.0564. The molecular weight excluding hydrogens is 280 g/mol. The zero-order valence-corrected chi connectivity index (χ0v) is 13.2. The molecule has 1 aromatic rings. The number of carbonyl (C=O) groups is 1. The summed E-state index contributed by atoms with van der Waals surface area (Å²) >= 11 is 0. The molecule has 118 valence electrons. The van der Waals surface area contributed by atoms with Crippen LogP contribution in [0.2, 0.25) is 0 Å². The first kappa shape index (κ1) is 16.1. The fourth-order valence-corrected chi connectivity index (χ4v) is 2.57. The molecule has 0 aromatic heterocycles. The molecule has 2 N–H and O–H groups in total. The lowest BCUT2D eigenvalue weighted by Gasteiger charge is -2.30. The maximum absolute atomic E-state index is 10.7. The normalized spacial score (nSPS) is 18.7. The third kappa shape index (κ3) is 4.62. The quantitative estimate of drug-likeness (QED) is 0.876. The number of nitrogens with one attached hydrogen (secondary N) is 1. The lowest BCUT2D eigenvalue weighted by Crippen LogP contribution is -2.30. The van der Waals surface area contributed by atoms with Gasteiger partial charge in [0.15, 0.2) is 0 Å². The van der Waals surface area contributed by atoms with Gasteiger partial charge < -0.3 is 15.2 Å². The molecule has 5 heteroatoms. The van der Waals surface area contributed by atoms with Crippen LogP contribution in [0.5, 0.6) is 5.75 Å². The summed E-state index contributed by atoms with van der Waals surface area (Å²) in [4.78, 5) is 15.4. The van der Waals surface area contributed by atoms with Crippen molar-refractivity contribution in [2.75, 3.05) is 13.7 Å². The zero-order valence-electron chi connectivity index (χ0n) is 13.2. The molecule has 0 aliphatic heterocycles. The van der Waals surface area contributed by atoms with Gasteiger partial charge in [0.2, 0.25) is 0 Å². The molecule has 0 fully saturated rings. The monoisotopic (exact) mass is 302 g/mol. The molecule has 2 rings (SSSR count). The molecule has 0 atom stereocenters. The van der Waals surface area contributed by atoms with Crippen molar-refractivity contribution in [1.29, 1.82) is 0 Å². The molecule has 0 saturated carbocycles. The average Bonchev–Trinajstić information content (AvgIpc) is 2.44. The highest BCUT2D eigenvalue weighted by Gasteiger charge is 2.26. The second-order valence-corrected chi connectivity index (χ2v) is 6.24. The Labute approximate surface area is 130 Å². The molecule has 5 nitrogen and oxygen atoms in total. The highest BCUT2D eigenvalue weighted by molar-refractivity contribution is 5.98. The number of allylic oxidation sites excluding steroid dienone is 2. The van der Waals surface area contributed by atoms with Crippen LogP contribution in [0.1, 0.15) is 26.7 Å². The van der Waals surface area contributed by atoms with Gasteiger partial charge in [0.1, 0.15) is 12.3 Å². The Balaban J connectivity index is 2.20. The lowest BCUT2D eigenvalue weighted by atomic mass is 9.78. The smallest absolute Gasteiger partial charge is 0.322 e. The van der Waals surface area contributed by atoms with Crippen LogP contribution in [0.15, 0.2) is 41.0 Å². The predicted octanol–water partition coefficient (Wildman–Crippen LogP) is 3.15. The van der Waals surface area contributed by atoms with Crippen molar-refractivity contribution in [1.82, 2.24) is 5.32 Å². The van der Waals surface area contributed by atoms with Crippen molar-refractivity contribution in [3.05, 3.63) is 36.0 Å². The number of ether oxygens (including phenoxy) is 1. The molecule has 0 saturated heterocycles. The molecule has 1 aliphatic carbocycles. The maximum Gasteiger partial charge on any atom is 0.322 e. The minimum atomic E-state index is -0.863. The molecule has 0 bridgehead atoms. The van der Waals surface area contributed by atoms with Crippen LogP contribution >= 0.6 is 0 Å². The third-order valence-corrected chi connectivity index (χ3v) is 3.48. The van der Waals surface area contributed by atoms with Gasteiger partial charge in [-0.3, -0.25) is 9.79 Å². The molecular formula is C17H22N2O3. The van der Waals surface area contributed by atoms with Gasteiger partial charge in [0, 0.05) is 11.4 Å². The van der Waals surface area contributed by atoms with Crippen LogP contribution in [-0.2, 0) is 4.79 Å². The van der Waals surface area contributed by atoms with E-state index in [9.17, 15) is 4.79 Å². The zero-order chi connectivity index (χ0) is 16.2. The van der Waals surface area contributed by atoms with Gasteiger partial charge in [-0.05, 0) is 48.6 Å². The van der Waals surface area contributed by atoms with E-state index in [0.717, 1.165) is 35.7 Å². The van der Waals surface area contributed by atoms with Gasteiger partial charge in [-0.2, -0.15) is 0 Å². The average molecular weight is 302 g/mol. The summed E-state index contributed by atoms with van der Waals surface area (Å²) in [5.41, 5.74) is 2.79. The van der Waals surface area contributed by atoms with Crippen LogP contribution < -0.4 is 10.1 Å². The van der Waals surface area contributed by atoms with Crippen molar-refractivity contribution in [2.24, 2.45) is 10.4 Å². The lowest BCUT2D eigenvalue weighted by molar-refractivity contribution is -0.135. The maximum atomic E-state index is 10.7. The van der Waals surface area contributed by atoms with E-state index in [0.29, 0.717) is 0 Å². The van der Waals surface area contributed by atoms with E-state index >= 15 is 0 Å². The molecule has 0 unspecified atom stereocenters. The van der Waals surface area contributed by atoms with Crippen molar-refractivity contribution in [3.63, 3.8) is 0 Å². The van der Waals surface area contributed by atoms with Crippen molar-refractivity contribution in [2.45, 2.75) is 26.7 Å². The molecule has 1 aliphatic rings. The first-order chi connectivity index (χ1) is 10.4. The van der Waals surface area contributed by atoms with Gasteiger partial charge in [-0.15, -0.1) is 0 Å². The van der Waals surface area contributed by atoms with Crippen molar-refractivity contribution in [3.8, 4) is 5.75 Å². The van der Waals surface area contributed by atoms with Gasteiger partial charge >= 0.3 is 5.97 Å². The van der Waals surface area contributed by atoms with Gasteiger partial charge in [0.05, 0.1) is 12.8 Å². The summed E-state index contributed by atoms with van der Waals surface area (Å²) < 4.78 is 5.14. The first-order valence-corrected chi connectivity index (χ1v) is 7.26. The van der Waals surface area contributed by atoms with E-state index in [1.807, 2.05) is 30.3 Å². The number of methoxy groups -OCH3 is 1. The van der Waals surface area contributed by atoms with E-state index in [1.54, 1.807) is 7.11 Å². The largest absolute Gasteiger partial charge is 0.497 e. The molecule has 0 heterocycles. The van der Waals surface area contributed by atoms with Gasteiger partial charge in [-0.1, -0.05) is 13.8 Å². The summed E-state index contributed by atoms with van der Waals surface area (Å²) in [6.45, 7) is 4.25. The Hall–Kier alpha value is -2.30. The fraction of sp³-hybridized carbons (Fsp3) is 0.412. The number of carboxylic acids is 1. The molecule has 0 spiro atoms. The number of hydrogen-bond acceptors (Lipinski definition) is 4. The Morgan fingerprint density at radius 2 is 2.00 bits per heavy atom. The van der Waals surface area contributed by atoms with Crippen LogP contribution in [0.25, 0.3) is 0 Å². The molecule has 1 aromatic carbocycles. The van der Waals surface area contributed by atoms with Gasteiger partial charge in [0.25, 0.3) is 0 Å². The fourth-order valence-electron chi connectivity index (χ4n) is 2.57. The predicted molar refractivity (Wildman–Crippen MR) is 86.8 cm³/mol. The Kier molecular flexibility index (Phi) is 4.85. The first-order valence-electron chi connectivity index (χ1n) is 7.26. The Bertz CT molecular complexity index is 601. The van der Waals surface area contributed by atoms with Crippen LogP contribution in [0.3, 0.4) is 0 Å². The van der Waals surface area contributed by atoms with Crippen molar-refractivity contribution < 1.29 is 14.6 Å². The number of hydrogen-bond donors (Lipinski definition) is 2. The van der Waals surface area contributed by atoms with E-state index in [2.05, 4.69) is 24.2 Å². The van der Waals surface area contributed by atoms with E-state index in [-0.39, 0.29) is 12.0 Å². The molecule has 22 heavy (non-hydrogen) atoms. The SMILES string of the molecule is COc1ccc(/N=C2/C=C(NCC(=O)O)CC(C)(C)C2)cc1. The molecule has 0 radical (unpaired) electrons. The van der Waals surface area contributed by atoms with Crippen molar-refractivity contribution >= 4 is 17.4 Å². The summed E-state index contributed by atoms with van der Waals surface area (Å²) in [6, 6.07) is 7.57. The number of benzene rings is 1. The van der Waals surface area contributed by atoms with Crippen LogP contribution in [0, 0.1) is 5.41 Å². The number of rotatable bonds is 5. The van der Waals surface area contributed by atoms with E-state index in [1.165, 1.54) is 0 Å². The van der Waals surface area contributed by atoms with Gasteiger partial charge in [-0.25, -0.2) is 0 Å². The Morgan fingerprint density at radius 3 is 2.59 bits per heavy atom. The summed E-state index contributed by atoms with van der Waals surface area (Å²) in [5.74, 6) is -0.0646.